The summed E-state index contributed by atoms with van der Waals surface area (Å²) in [6.07, 6.45) is 5.06. The molecule has 0 heterocycles. The van der Waals surface area contributed by atoms with Crippen LogP contribution in [0.4, 0.5) is 0 Å². The lowest BCUT2D eigenvalue weighted by molar-refractivity contribution is 0.310. The molecule has 1 rings (SSSR count). The first kappa shape index (κ1) is 17.1. The van der Waals surface area contributed by atoms with Crippen LogP contribution in [-0.2, 0) is 6.54 Å². The summed E-state index contributed by atoms with van der Waals surface area (Å²) in [7, 11) is 1.62. The highest BCUT2D eigenvalue weighted by atomic mass is 35.5. The lowest BCUT2D eigenvalue weighted by atomic mass is 10.2. The van der Waals surface area contributed by atoms with Crippen molar-refractivity contribution in [2.75, 3.05) is 20.3 Å². The molecular formula is C16H26ClNO2. The summed E-state index contributed by atoms with van der Waals surface area (Å²) in [5, 5.41) is 4.14. The van der Waals surface area contributed by atoms with E-state index in [1.807, 2.05) is 19.1 Å². The molecule has 114 valence electrons. The molecule has 1 aromatic carbocycles. The van der Waals surface area contributed by atoms with Gasteiger partial charge in [0.2, 0.25) is 0 Å². The van der Waals surface area contributed by atoms with Gasteiger partial charge < -0.3 is 14.8 Å². The molecule has 0 aromatic heterocycles. The van der Waals surface area contributed by atoms with Gasteiger partial charge in [0.05, 0.1) is 13.7 Å². The summed E-state index contributed by atoms with van der Waals surface area (Å²) in [6, 6.07) is 3.78. The summed E-state index contributed by atoms with van der Waals surface area (Å²) in [5.74, 6) is 1.44. The Kier molecular flexibility index (Phi) is 8.47. The number of rotatable bonds is 10. The fraction of sp³-hybridized carbons (Fsp3) is 0.625. The minimum Gasteiger partial charge on any atom is -0.493 e. The number of unbranched alkanes of at least 4 members (excludes halogenated alkanes) is 3. The van der Waals surface area contributed by atoms with Gasteiger partial charge in [-0.3, -0.25) is 0 Å². The zero-order valence-corrected chi connectivity index (χ0v) is 13.6. The van der Waals surface area contributed by atoms with E-state index in [1.165, 1.54) is 25.7 Å². The molecule has 1 N–H and O–H groups in total. The van der Waals surface area contributed by atoms with E-state index in [2.05, 4.69) is 12.2 Å². The summed E-state index contributed by atoms with van der Waals surface area (Å²) in [6.45, 7) is 6.57. The summed E-state index contributed by atoms with van der Waals surface area (Å²) >= 11 is 6.27. The van der Waals surface area contributed by atoms with Crippen LogP contribution in [0.25, 0.3) is 0 Å². The maximum Gasteiger partial charge on any atom is 0.162 e. The predicted octanol–water partition coefficient (Wildman–Crippen LogP) is 4.42. The highest BCUT2D eigenvalue weighted by Gasteiger charge is 2.09. The number of methoxy groups -OCH3 is 1. The number of halogens is 1. The Labute approximate surface area is 127 Å². The van der Waals surface area contributed by atoms with Crippen molar-refractivity contribution in [2.45, 2.75) is 46.1 Å². The Morgan fingerprint density at radius 2 is 1.90 bits per heavy atom. The highest BCUT2D eigenvalue weighted by molar-refractivity contribution is 6.31. The highest BCUT2D eigenvalue weighted by Crippen LogP contribution is 2.33. The fourth-order valence-corrected chi connectivity index (χ4v) is 2.26. The van der Waals surface area contributed by atoms with Gasteiger partial charge in [-0.2, -0.15) is 0 Å². The van der Waals surface area contributed by atoms with Crippen LogP contribution < -0.4 is 14.8 Å². The Morgan fingerprint density at radius 1 is 1.10 bits per heavy atom. The lowest BCUT2D eigenvalue weighted by Crippen LogP contribution is -2.15. The van der Waals surface area contributed by atoms with E-state index in [0.717, 1.165) is 24.4 Å². The van der Waals surface area contributed by atoms with Crippen LogP contribution in [0.3, 0.4) is 0 Å². The van der Waals surface area contributed by atoms with E-state index < -0.39 is 0 Å². The molecule has 4 heteroatoms. The molecule has 0 unspecified atom stereocenters. The number of nitrogens with one attached hydrogen (secondary N) is 1. The number of hydrogen-bond donors (Lipinski definition) is 1. The van der Waals surface area contributed by atoms with Crippen molar-refractivity contribution in [1.29, 1.82) is 0 Å². The molecule has 0 atom stereocenters. The average molecular weight is 300 g/mol. The Bertz CT molecular complexity index is 396. The molecule has 0 saturated heterocycles. The topological polar surface area (TPSA) is 30.5 Å². The molecule has 0 bridgehead atoms. The van der Waals surface area contributed by atoms with Gasteiger partial charge in [-0.25, -0.2) is 0 Å². The molecule has 0 saturated carbocycles. The molecule has 3 nitrogen and oxygen atoms in total. The normalized spacial score (nSPS) is 10.6. The average Bonchev–Trinajstić information content (AvgIpc) is 2.45. The van der Waals surface area contributed by atoms with Crippen molar-refractivity contribution in [3.63, 3.8) is 0 Å². The molecule has 1 aromatic rings. The summed E-state index contributed by atoms with van der Waals surface area (Å²) in [5.41, 5.74) is 1.05. The van der Waals surface area contributed by atoms with Gasteiger partial charge in [0, 0.05) is 17.6 Å². The van der Waals surface area contributed by atoms with Gasteiger partial charge in [-0.05, 0) is 31.5 Å². The van der Waals surface area contributed by atoms with Gasteiger partial charge >= 0.3 is 0 Å². The van der Waals surface area contributed by atoms with Gasteiger partial charge in [-0.1, -0.05) is 37.8 Å². The van der Waals surface area contributed by atoms with E-state index in [1.54, 1.807) is 7.11 Å². The van der Waals surface area contributed by atoms with Crippen molar-refractivity contribution in [1.82, 2.24) is 5.32 Å². The molecule has 0 aliphatic carbocycles. The van der Waals surface area contributed by atoms with Crippen LogP contribution in [0.2, 0.25) is 5.02 Å². The third-order valence-corrected chi connectivity index (χ3v) is 3.51. The van der Waals surface area contributed by atoms with E-state index >= 15 is 0 Å². The third kappa shape index (κ3) is 5.59. The first-order valence-electron chi connectivity index (χ1n) is 7.42. The predicted molar refractivity (Wildman–Crippen MR) is 85.0 cm³/mol. The van der Waals surface area contributed by atoms with Crippen LogP contribution >= 0.6 is 11.6 Å². The molecule has 0 radical (unpaired) electrons. The van der Waals surface area contributed by atoms with Crippen LogP contribution in [0.1, 0.15) is 45.1 Å². The monoisotopic (exact) mass is 299 g/mol. The third-order valence-electron chi connectivity index (χ3n) is 3.16. The molecule has 0 amide bonds. The molecule has 0 aliphatic rings. The number of benzene rings is 1. The largest absolute Gasteiger partial charge is 0.493 e. The SMILES string of the molecule is CCCCCCNCc1cc(OCC)c(OC)cc1Cl. The molecule has 20 heavy (non-hydrogen) atoms. The molecule has 0 spiro atoms. The minimum absolute atomic E-state index is 0.613. The van der Waals surface area contributed by atoms with Crippen molar-refractivity contribution < 1.29 is 9.47 Å². The second kappa shape index (κ2) is 9.89. The number of hydrogen-bond acceptors (Lipinski definition) is 3. The standard InChI is InChI=1S/C16H26ClNO2/c1-4-6-7-8-9-18-12-13-10-16(20-5-2)15(19-3)11-14(13)17/h10-11,18H,4-9,12H2,1-3H3. The maximum atomic E-state index is 6.27. The van der Waals surface area contributed by atoms with Crippen molar-refractivity contribution >= 4 is 11.6 Å². The number of ether oxygens (including phenoxy) is 2. The van der Waals surface area contributed by atoms with Crippen molar-refractivity contribution in [2.24, 2.45) is 0 Å². The van der Waals surface area contributed by atoms with Gasteiger partial charge in [0.15, 0.2) is 11.5 Å². The maximum absolute atomic E-state index is 6.27. The quantitative estimate of drug-likeness (QED) is 0.649. The van der Waals surface area contributed by atoms with E-state index in [4.69, 9.17) is 21.1 Å². The molecule has 0 aliphatic heterocycles. The van der Waals surface area contributed by atoms with Gasteiger partial charge in [0.25, 0.3) is 0 Å². The van der Waals surface area contributed by atoms with Crippen LogP contribution in [-0.4, -0.2) is 20.3 Å². The zero-order valence-electron chi connectivity index (χ0n) is 12.8. The second-order valence-electron chi connectivity index (χ2n) is 4.76. The first-order chi connectivity index (χ1) is 9.72. The second-order valence-corrected chi connectivity index (χ2v) is 5.17. The summed E-state index contributed by atoms with van der Waals surface area (Å²) in [4.78, 5) is 0. The fourth-order valence-electron chi connectivity index (χ4n) is 2.04. The lowest BCUT2D eigenvalue weighted by Gasteiger charge is -2.13. The van der Waals surface area contributed by atoms with Gasteiger partial charge in [0.1, 0.15) is 0 Å². The smallest absolute Gasteiger partial charge is 0.162 e. The molecular weight excluding hydrogens is 274 g/mol. The van der Waals surface area contributed by atoms with Crippen LogP contribution in [0, 0.1) is 0 Å². The summed E-state index contributed by atoms with van der Waals surface area (Å²) < 4.78 is 10.8. The van der Waals surface area contributed by atoms with Gasteiger partial charge in [-0.15, -0.1) is 0 Å². The van der Waals surface area contributed by atoms with Crippen molar-refractivity contribution in [3.05, 3.63) is 22.7 Å². The van der Waals surface area contributed by atoms with E-state index in [-0.39, 0.29) is 0 Å². The van der Waals surface area contributed by atoms with Crippen LogP contribution in [0.5, 0.6) is 11.5 Å². The van der Waals surface area contributed by atoms with Crippen molar-refractivity contribution in [3.8, 4) is 11.5 Å². The first-order valence-corrected chi connectivity index (χ1v) is 7.80. The van der Waals surface area contributed by atoms with E-state index in [0.29, 0.717) is 17.4 Å². The zero-order chi connectivity index (χ0) is 14.8. The molecule has 0 fully saturated rings. The Morgan fingerprint density at radius 3 is 2.55 bits per heavy atom. The van der Waals surface area contributed by atoms with Crippen LogP contribution in [0.15, 0.2) is 12.1 Å². The Hall–Kier alpha value is -0.930. The minimum atomic E-state index is 0.613. The van der Waals surface area contributed by atoms with E-state index in [9.17, 15) is 0 Å². The Balaban J connectivity index is 2.54.